The minimum absolute atomic E-state index is 0.203. The first-order chi connectivity index (χ1) is 5.27. The molecule has 0 saturated heterocycles. The summed E-state index contributed by atoms with van der Waals surface area (Å²) in [6.07, 6.45) is 2.95. The minimum atomic E-state index is 0.203. The summed E-state index contributed by atoms with van der Waals surface area (Å²) in [6.45, 7) is 0.845. The first kappa shape index (κ1) is 7.13. The summed E-state index contributed by atoms with van der Waals surface area (Å²) in [6, 6.07) is 0. The van der Waals surface area contributed by atoms with Gasteiger partial charge in [0.2, 0.25) is 5.29 Å². The highest BCUT2D eigenvalue weighted by Gasteiger charge is 2.22. The molecule has 2 rings (SSSR count). The number of hydrogen-bond acceptors (Lipinski definition) is 3. The monoisotopic (exact) mass is 189 g/mol. The van der Waals surface area contributed by atoms with Crippen LogP contribution in [-0.2, 0) is 0 Å². The number of rotatable bonds is 0. The van der Waals surface area contributed by atoms with Gasteiger partial charge in [0.15, 0.2) is 5.17 Å². The van der Waals surface area contributed by atoms with E-state index >= 15 is 0 Å². The normalized spacial score (nSPS) is 22.4. The second-order valence-electron chi connectivity index (χ2n) is 2.27. The van der Waals surface area contributed by atoms with Crippen LogP contribution in [0, 0.1) is 0 Å². The Morgan fingerprint density at radius 1 is 1.45 bits per heavy atom. The summed E-state index contributed by atoms with van der Waals surface area (Å²) in [7, 11) is 0. The molecule has 0 atom stereocenters. The van der Waals surface area contributed by atoms with Crippen molar-refractivity contribution in [2.75, 3.05) is 6.54 Å². The molecule has 0 aromatic heterocycles. The molecule has 0 unspecified atom stereocenters. The van der Waals surface area contributed by atoms with Gasteiger partial charge in [-0.25, -0.2) is 4.99 Å². The molecule has 0 N–H and O–H groups in total. The van der Waals surface area contributed by atoms with Crippen LogP contribution in [-0.4, -0.2) is 22.0 Å². The summed E-state index contributed by atoms with van der Waals surface area (Å²) in [5, 5.41) is 6.37. The van der Waals surface area contributed by atoms with E-state index in [4.69, 9.17) is 23.2 Å². The van der Waals surface area contributed by atoms with E-state index in [2.05, 4.69) is 10.1 Å². The molecule has 0 aliphatic carbocycles. The predicted octanol–water partition coefficient (Wildman–Crippen LogP) is 1.74. The zero-order valence-electron chi connectivity index (χ0n) is 5.59. The number of hydrazone groups is 1. The van der Waals surface area contributed by atoms with Gasteiger partial charge in [-0.1, -0.05) is 17.7 Å². The molecular formula is C6H5Cl2N3. The van der Waals surface area contributed by atoms with Gasteiger partial charge in [-0.3, -0.25) is 5.01 Å². The van der Waals surface area contributed by atoms with Crippen LogP contribution in [0.5, 0.6) is 0 Å². The number of nitrogens with zero attached hydrogens (tertiary/aromatic N) is 3. The lowest BCUT2D eigenvalue weighted by molar-refractivity contribution is 0.416. The molecule has 2 aliphatic heterocycles. The minimum Gasteiger partial charge on any atom is -0.259 e. The Balaban J connectivity index is 2.40. The standard InChI is InChI=1S/C6H5Cl2N3/c7-5-4-2-1-3-11(4)10-6(8)9-5/h2H,1,3H2. The predicted molar refractivity (Wildman–Crippen MR) is 46.0 cm³/mol. The molecule has 0 radical (unpaired) electrons. The summed E-state index contributed by atoms with van der Waals surface area (Å²) in [5.41, 5.74) is 0.871. The van der Waals surface area contributed by atoms with Gasteiger partial charge in [-0.2, -0.15) is 0 Å². The zero-order chi connectivity index (χ0) is 7.84. The van der Waals surface area contributed by atoms with E-state index in [1.54, 1.807) is 5.01 Å². The van der Waals surface area contributed by atoms with E-state index in [0.29, 0.717) is 5.17 Å². The Bertz CT molecular complexity index is 280. The van der Waals surface area contributed by atoms with E-state index < -0.39 is 0 Å². The van der Waals surface area contributed by atoms with Crippen molar-refractivity contribution in [1.29, 1.82) is 0 Å². The van der Waals surface area contributed by atoms with Crippen LogP contribution in [0.3, 0.4) is 0 Å². The van der Waals surface area contributed by atoms with Crippen molar-refractivity contribution in [1.82, 2.24) is 5.01 Å². The van der Waals surface area contributed by atoms with Crippen molar-refractivity contribution in [3.8, 4) is 0 Å². The van der Waals surface area contributed by atoms with Crippen LogP contribution in [0.25, 0.3) is 0 Å². The molecule has 5 heteroatoms. The van der Waals surface area contributed by atoms with Crippen LogP contribution in [0.1, 0.15) is 6.42 Å². The number of aliphatic imine (C=N–C) groups is 1. The molecule has 0 spiro atoms. The largest absolute Gasteiger partial charge is 0.259 e. The molecule has 0 saturated carbocycles. The lowest BCUT2D eigenvalue weighted by atomic mass is 10.4. The second-order valence-corrected chi connectivity index (χ2v) is 2.97. The molecular weight excluding hydrogens is 185 g/mol. The molecule has 58 valence electrons. The smallest absolute Gasteiger partial charge is 0.242 e. The summed E-state index contributed by atoms with van der Waals surface area (Å²) in [5.74, 6) is 0. The highest BCUT2D eigenvalue weighted by atomic mass is 35.5. The van der Waals surface area contributed by atoms with Crippen molar-refractivity contribution in [3.63, 3.8) is 0 Å². The molecule has 2 aliphatic rings. The maximum Gasteiger partial charge on any atom is 0.242 e. The van der Waals surface area contributed by atoms with Gasteiger partial charge in [-0.15, -0.1) is 5.10 Å². The maximum absolute atomic E-state index is 5.79. The lowest BCUT2D eigenvalue weighted by Crippen LogP contribution is -2.21. The fourth-order valence-corrected chi connectivity index (χ4v) is 1.58. The van der Waals surface area contributed by atoms with E-state index in [-0.39, 0.29) is 5.29 Å². The molecule has 0 amide bonds. The average Bonchev–Trinajstić information content (AvgIpc) is 2.34. The summed E-state index contributed by atoms with van der Waals surface area (Å²) >= 11 is 11.4. The molecule has 11 heavy (non-hydrogen) atoms. The van der Waals surface area contributed by atoms with Crippen LogP contribution in [0.4, 0.5) is 0 Å². The van der Waals surface area contributed by atoms with Gasteiger partial charge in [0, 0.05) is 6.54 Å². The third kappa shape index (κ3) is 1.14. The number of allylic oxidation sites excluding steroid dienone is 1. The van der Waals surface area contributed by atoms with Crippen molar-refractivity contribution < 1.29 is 0 Å². The maximum atomic E-state index is 5.79. The van der Waals surface area contributed by atoms with Crippen molar-refractivity contribution in [2.24, 2.45) is 10.1 Å². The fourth-order valence-electron chi connectivity index (χ4n) is 1.10. The molecule has 0 bridgehead atoms. The van der Waals surface area contributed by atoms with E-state index in [0.717, 1.165) is 18.7 Å². The Morgan fingerprint density at radius 2 is 2.27 bits per heavy atom. The van der Waals surface area contributed by atoms with E-state index in [9.17, 15) is 0 Å². The topological polar surface area (TPSA) is 28.0 Å². The first-order valence-corrected chi connectivity index (χ1v) is 3.99. The molecule has 0 fully saturated rings. The second kappa shape index (κ2) is 2.50. The highest BCUT2D eigenvalue weighted by molar-refractivity contribution is 6.74. The summed E-state index contributed by atoms with van der Waals surface area (Å²) < 4.78 is 0. The van der Waals surface area contributed by atoms with E-state index in [1.807, 2.05) is 6.08 Å². The van der Waals surface area contributed by atoms with E-state index in [1.165, 1.54) is 0 Å². The number of fused-ring (bicyclic) bond motifs is 1. The third-order valence-electron chi connectivity index (χ3n) is 1.56. The van der Waals surface area contributed by atoms with Gasteiger partial charge < -0.3 is 0 Å². The SMILES string of the molecule is ClC1=NN2CCC=C2C(Cl)=N1. The van der Waals surface area contributed by atoms with Gasteiger partial charge in [0.1, 0.15) is 0 Å². The Morgan fingerprint density at radius 3 is 3.09 bits per heavy atom. The number of hydrogen-bond donors (Lipinski definition) is 0. The Hall–Kier alpha value is -0.540. The van der Waals surface area contributed by atoms with Crippen molar-refractivity contribution >= 4 is 33.7 Å². The van der Waals surface area contributed by atoms with Gasteiger partial charge in [-0.05, 0) is 18.0 Å². The zero-order valence-corrected chi connectivity index (χ0v) is 7.10. The van der Waals surface area contributed by atoms with Crippen molar-refractivity contribution in [2.45, 2.75) is 6.42 Å². The van der Waals surface area contributed by atoms with Gasteiger partial charge in [0.25, 0.3) is 0 Å². The first-order valence-electron chi connectivity index (χ1n) is 3.24. The number of amidine groups is 1. The van der Waals surface area contributed by atoms with Gasteiger partial charge in [0.05, 0.1) is 5.70 Å². The summed E-state index contributed by atoms with van der Waals surface area (Å²) in [4.78, 5) is 3.81. The third-order valence-corrected chi connectivity index (χ3v) is 2.00. The quantitative estimate of drug-likeness (QED) is 0.534. The highest BCUT2D eigenvalue weighted by Crippen LogP contribution is 2.22. The van der Waals surface area contributed by atoms with Crippen LogP contribution >= 0.6 is 23.2 Å². The van der Waals surface area contributed by atoms with Crippen LogP contribution in [0.15, 0.2) is 21.9 Å². The molecule has 3 nitrogen and oxygen atoms in total. The average molecular weight is 190 g/mol. The number of halogens is 2. The Kier molecular flexibility index (Phi) is 1.62. The van der Waals surface area contributed by atoms with Crippen molar-refractivity contribution in [3.05, 3.63) is 11.8 Å². The van der Waals surface area contributed by atoms with Crippen LogP contribution in [0.2, 0.25) is 0 Å². The van der Waals surface area contributed by atoms with Gasteiger partial charge >= 0.3 is 0 Å². The molecule has 2 heterocycles. The lowest BCUT2D eigenvalue weighted by Gasteiger charge is -2.17. The molecule has 0 aromatic rings. The Labute approximate surface area is 74.0 Å². The fraction of sp³-hybridized carbons (Fsp3) is 0.333. The molecule has 0 aromatic carbocycles. The van der Waals surface area contributed by atoms with Crippen LogP contribution < -0.4 is 0 Å².